The zero-order valence-electron chi connectivity index (χ0n) is 19.2. The summed E-state index contributed by atoms with van der Waals surface area (Å²) in [5.74, 6) is -1.87. The second kappa shape index (κ2) is 9.83. The molecular formula is C26H28FN3O4. The van der Waals surface area contributed by atoms with Crippen molar-refractivity contribution in [2.75, 3.05) is 13.1 Å². The average molecular weight is 466 g/mol. The average Bonchev–Trinajstić information content (AvgIpc) is 3.09. The topological polar surface area (TPSA) is 87.7 Å². The van der Waals surface area contributed by atoms with Gasteiger partial charge in [0, 0.05) is 50.7 Å². The Balaban J connectivity index is 1.64. The molecule has 0 aliphatic carbocycles. The number of amides is 3. The van der Waals surface area contributed by atoms with Gasteiger partial charge in [-0.1, -0.05) is 25.1 Å². The summed E-state index contributed by atoms with van der Waals surface area (Å²) in [6.45, 7) is 2.65. The van der Waals surface area contributed by atoms with Crippen LogP contribution in [-0.2, 0) is 31.1 Å². The quantitative estimate of drug-likeness (QED) is 0.587. The van der Waals surface area contributed by atoms with Gasteiger partial charge in [-0.05, 0) is 42.2 Å². The number of rotatable bonds is 7. The van der Waals surface area contributed by atoms with Gasteiger partial charge in [-0.15, -0.1) is 0 Å². The van der Waals surface area contributed by atoms with E-state index in [0.717, 1.165) is 11.3 Å². The SMILES string of the molecule is CCC(=O)[C@H]1CCCN(C(=O)C[C@@]2(c3cccc(F)c3)CC(=O)N(Cc3cccnc3)C2=O)C1. The summed E-state index contributed by atoms with van der Waals surface area (Å²) in [5, 5.41) is 0. The molecule has 0 radical (unpaired) electrons. The molecule has 0 spiro atoms. The van der Waals surface area contributed by atoms with E-state index in [1.54, 1.807) is 35.5 Å². The second-order valence-corrected chi connectivity index (χ2v) is 9.09. The zero-order valence-corrected chi connectivity index (χ0v) is 19.2. The largest absolute Gasteiger partial charge is 0.342 e. The lowest BCUT2D eigenvalue weighted by atomic mass is 9.75. The first-order valence-electron chi connectivity index (χ1n) is 11.6. The van der Waals surface area contributed by atoms with Crippen LogP contribution < -0.4 is 0 Å². The summed E-state index contributed by atoms with van der Waals surface area (Å²) in [4.78, 5) is 59.2. The molecule has 1 aromatic heterocycles. The summed E-state index contributed by atoms with van der Waals surface area (Å²) in [7, 11) is 0. The van der Waals surface area contributed by atoms with E-state index < -0.39 is 23.0 Å². The number of carbonyl (C=O) groups excluding carboxylic acids is 4. The number of aromatic nitrogens is 1. The number of carbonyl (C=O) groups is 4. The minimum Gasteiger partial charge on any atom is -0.342 e. The van der Waals surface area contributed by atoms with Crippen LogP contribution in [0.4, 0.5) is 4.39 Å². The molecule has 0 bridgehead atoms. The van der Waals surface area contributed by atoms with E-state index in [1.807, 2.05) is 6.92 Å². The van der Waals surface area contributed by atoms with Crippen LogP contribution in [0.3, 0.4) is 0 Å². The first kappa shape index (κ1) is 23.7. The van der Waals surface area contributed by atoms with Crippen LogP contribution in [0.15, 0.2) is 48.8 Å². The minimum absolute atomic E-state index is 0.0353. The molecule has 1 aromatic carbocycles. The van der Waals surface area contributed by atoms with Gasteiger partial charge in [0.2, 0.25) is 17.7 Å². The minimum atomic E-state index is -1.49. The Morgan fingerprint density at radius 2 is 2.03 bits per heavy atom. The highest BCUT2D eigenvalue weighted by Crippen LogP contribution is 2.41. The number of nitrogens with zero attached hydrogens (tertiary/aromatic N) is 3. The van der Waals surface area contributed by atoms with Crippen molar-refractivity contribution in [1.82, 2.24) is 14.8 Å². The lowest BCUT2D eigenvalue weighted by Gasteiger charge is -2.35. The van der Waals surface area contributed by atoms with Crippen LogP contribution >= 0.6 is 0 Å². The highest BCUT2D eigenvalue weighted by Gasteiger charge is 2.54. The molecule has 2 fully saturated rings. The highest BCUT2D eigenvalue weighted by atomic mass is 19.1. The summed E-state index contributed by atoms with van der Waals surface area (Å²) in [6, 6.07) is 9.04. The molecule has 2 saturated heterocycles. The fourth-order valence-electron chi connectivity index (χ4n) is 5.01. The van der Waals surface area contributed by atoms with Gasteiger partial charge in [0.05, 0.1) is 12.0 Å². The van der Waals surface area contributed by atoms with Gasteiger partial charge < -0.3 is 4.90 Å². The van der Waals surface area contributed by atoms with Crippen LogP contribution in [0.1, 0.15) is 50.2 Å². The molecule has 3 heterocycles. The third-order valence-electron chi connectivity index (χ3n) is 6.88. The summed E-state index contributed by atoms with van der Waals surface area (Å²) >= 11 is 0. The molecule has 2 atom stereocenters. The summed E-state index contributed by atoms with van der Waals surface area (Å²) < 4.78 is 14.2. The van der Waals surface area contributed by atoms with E-state index in [4.69, 9.17) is 0 Å². The predicted molar refractivity (Wildman–Crippen MR) is 122 cm³/mol. The number of benzene rings is 1. The van der Waals surface area contributed by atoms with E-state index in [2.05, 4.69) is 4.98 Å². The molecule has 7 nitrogen and oxygen atoms in total. The lowest BCUT2D eigenvalue weighted by Crippen LogP contribution is -2.47. The first-order chi connectivity index (χ1) is 16.3. The summed E-state index contributed by atoms with van der Waals surface area (Å²) in [6.07, 6.45) is 4.56. The van der Waals surface area contributed by atoms with Crippen molar-refractivity contribution < 1.29 is 23.6 Å². The smallest absolute Gasteiger partial charge is 0.241 e. The lowest BCUT2D eigenvalue weighted by molar-refractivity contribution is -0.144. The number of halogens is 1. The van der Waals surface area contributed by atoms with Gasteiger partial charge in [-0.25, -0.2) is 4.39 Å². The van der Waals surface area contributed by atoms with Crippen LogP contribution in [-0.4, -0.2) is 51.4 Å². The molecule has 2 aliphatic rings. The Labute approximate surface area is 198 Å². The standard InChI is InChI=1S/C26H28FN3O4/c1-2-22(31)19-7-5-11-29(17-19)23(32)13-26(20-8-3-9-21(27)12-20)14-24(33)30(25(26)34)16-18-6-4-10-28-15-18/h3-4,6,8-10,12,15,19H,2,5,7,11,13-14,16-17H2,1H3/t19-,26-/m0/s1. The molecular weight excluding hydrogens is 437 g/mol. The van der Waals surface area contributed by atoms with Crippen LogP contribution in [0, 0.1) is 11.7 Å². The first-order valence-corrected chi connectivity index (χ1v) is 11.6. The van der Waals surface area contributed by atoms with E-state index >= 15 is 0 Å². The Morgan fingerprint density at radius 3 is 2.74 bits per heavy atom. The van der Waals surface area contributed by atoms with Crippen molar-refractivity contribution in [3.63, 3.8) is 0 Å². The third kappa shape index (κ3) is 4.62. The number of ketones is 1. The normalized spacial score (nSPS) is 22.8. The van der Waals surface area contributed by atoms with Gasteiger partial charge in [0.25, 0.3) is 0 Å². The van der Waals surface area contributed by atoms with Crippen molar-refractivity contribution in [1.29, 1.82) is 0 Å². The summed E-state index contributed by atoms with van der Waals surface area (Å²) in [5.41, 5.74) is -0.492. The maximum atomic E-state index is 14.2. The molecule has 2 aromatic rings. The van der Waals surface area contributed by atoms with E-state index in [0.29, 0.717) is 37.1 Å². The Bertz CT molecular complexity index is 1110. The maximum absolute atomic E-state index is 14.2. The number of piperidine rings is 1. The van der Waals surface area contributed by atoms with Crippen molar-refractivity contribution in [2.45, 2.75) is 51.0 Å². The highest BCUT2D eigenvalue weighted by molar-refractivity contribution is 6.10. The second-order valence-electron chi connectivity index (χ2n) is 9.09. The van der Waals surface area contributed by atoms with E-state index in [1.165, 1.54) is 18.2 Å². The van der Waals surface area contributed by atoms with Crippen LogP contribution in [0.2, 0.25) is 0 Å². The molecule has 0 N–H and O–H groups in total. The molecule has 8 heteroatoms. The molecule has 178 valence electrons. The molecule has 4 rings (SSSR count). The van der Waals surface area contributed by atoms with Crippen molar-refractivity contribution in [3.05, 3.63) is 65.7 Å². The predicted octanol–water partition coefficient (Wildman–Crippen LogP) is 3.03. The van der Waals surface area contributed by atoms with Gasteiger partial charge in [0.1, 0.15) is 11.6 Å². The Hall–Kier alpha value is -3.42. The number of pyridine rings is 1. The zero-order chi connectivity index (χ0) is 24.3. The molecule has 0 unspecified atom stereocenters. The molecule has 3 amide bonds. The van der Waals surface area contributed by atoms with Crippen LogP contribution in [0.5, 0.6) is 0 Å². The van der Waals surface area contributed by atoms with Crippen molar-refractivity contribution in [3.8, 4) is 0 Å². The fraction of sp³-hybridized carbons (Fsp3) is 0.423. The van der Waals surface area contributed by atoms with Gasteiger partial charge in [0.15, 0.2) is 0 Å². The number of likely N-dealkylation sites (tertiary alicyclic amines) is 2. The number of imide groups is 1. The van der Waals surface area contributed by atoms with Gasteiger partial charge in [-0.3, -0.25) is 29.1 Å². The monoisotopic (exact) mass is 465 g/mol. The van der Waals surface area contributed by atoms with E-state index in [-0.39, 0.29) is 37.0 Å². The van der Waals surface area contributed by atoms with E-state index in [9.17, 15) is 23.6 Å². The number of hydrogen-bond donors (Lipinski definition) is 0. The fourth-order valence-corrected chi connectivity index (χ4v) is 5.01. The maximum Gasteiger partial charge on any atom is 0.241 e. The van der Waals surface area contributed by atoms with Gasteiger partial charge in [-0.2, -0.15) is 0 Å². The van der Waals surface area contributed by atoms with Crippen molar-refractivity contribution in [2.24, 2.45) is 5.92 Å². The van der Waals surface area contributed by atoms with Crippen molar-refractivity contribution >= 4 is 23.5 Å². The molecule has 2 aliphatic heterocycles. The van der Waals surface area contributed by atoms with Gasteiger partial charge >= 0.3 is 0 Å². The number of Topliss-reactive ketones (excluding diaryl/α,β-unsaturated/α-hetero) is 1. The van der Waals surface area contributed by atoms with Crippen LogP contribution in [0.25, 0.3) is 0 Å². The Kier molecular flexibility index (Phi) is 6.86. The molecule has 0 saturated carbocycles. The Morgan fingerprint density at radius 1 is 1.21 bits per heavy atom. The number of hydrogen-bond acceptors (Lipinski definition) is 5. The molecule has 34 heavy (non-hydrogen) atoms. The third-order valence-corrected chi connectivity index (χ3v) is 6.88.